The summed E-state index contributed by atoms with van der Waals surface area (Å²) in [5.74, 6) is 0. The van der Waals surface area contributed by atoms with Gasteiger partial charge in [0.05, 0.1) is 0 Å². The lowest BCUT2D eigenvalue weighted by Crippen LogP contribution is -2.13. The molecule has 2 heterocycles. The Hall–Kier alpha value is -1.11. The molecular formula is C8H8N2O2S2. The molecule has 0 aromatic carbocycles. The van der Waals surface area contributed by atoms with E-state index < -0.39 is 10.0 Å². The summed E-state index contributed by atoms with van der Waals surface area (Å²) in [6.07, 6.45) is 3.56. The molecule has 0 spiro atoms. The SMILES string of the molecule is NS(=O)(=O)c1ccsc1-n1cccc1. The van der Waals surface area contributed by atoms with E-state index in [4.69, 9.17) is 5.14 Å². The van der Waals surface area contributed by atoms with E-state index in [0.29, 0.717) is 5.00 Å². The minimum absolute atomic E-state index is 0.165. The maximum atomic E-state index is 11.2. The Kier molecular flexibility index (Phi) is 2.18. The maximum absolute atomic E-state index is 11.2. The van der Waals surface area contributed by atoms with Gasteiger partial charge in [0.25, 0.3) is 0 Å². The normalized spacial score (nSPS) is 11.8. The van der Waals surface area contributed by atoms with E-state index >= 15 is 0 Å². The second kappa shape index (κ2) is 3.23. The van der Waals surface area contributed by atoms with Crippen LogP contribution in [0.15, 0.2) is 40.9 Å². The van der Waals surface area contributed by atoms with E-state index in [0.717, 1.165) is 0 Å². The molecule has 0 unspecified atom stereocenters. The first kappa shape index (κ1) is 9.45. The monoisotopic (exact) mass is 228 g/mol. The van der Waals surface area contributed by atoms with Crippen molar-refractivity contribution in [1.29, 1.82) is 0 Å². The highest BCUT2D eigenvalue weighted by Gasteiger charge is 2.15. The van der Waals surface area contributed by atoms with E-state index in [1.54, 1.807) is 22.3 Å². The highest BCUT2D eigenvalue weighted by Crippen LogP contribution is 2.24. The zero-order valence-electron chi connectivity index (χ0n) is 7.12. The Bertz CT molecular complexity index is 525. The van der Waals surface area contributed by atoms with E-state index in [1.807, 2.05) is 12.1 Å². The van der Waals surface area contributed by atoms with Crippen LogP contribution in [0.3, 0.4) is 0 Å². The molecule has 0 fully saturated rings. The minimum Gasteiger partial charge on any atom is -0.314 e. The van der Waals surface area contributed by atoms with Gasteiger partial charge in [-0.3, -0.25) is 0 Å². The van der Waals surface area contributed by atoms with Gasteiger partial charge >= 0.3 is 0 Å². The minimum atomic E-state index is -3.63. The van der Waals surface area contributed by atoms with Crippen LogP contribution < -0.4 is 5.14 Å². The molecule has 6 heteroatoms. The van der Waals surface area contributed by atoms with Gasteiger partial charge in [-0.05, 0) is 23.6 Å². The van der Waals surface area contributed by atoms with Crippen molar-refractivity contribution in [3.8, 4) is 5.00 Å². The van der Waals surface area contributed by atoms with E-state index in [2.05, 4.69) is 0 Å². The van der Waals surface area contributed by atoms with Gasteiger partial charge < -0.3 is 4.57 Å². The van der Waals surface area contributed by atoms with Crippen LogP contribution in [0, 0.1) is 0 Å². The zero-order chi connectivity index (χ0) is 10.2. The fourth-order valence-corrected chi connectivity index (χ4v) is 3.11. The van der Waals surface area contributed by atoms with Crippen molar-refractivity contribution in [3.63, 3.8) is 0 Å². The quantitative estimate of drug-likeness (QED) is 0.839. The van der Waals surface area contributed by atoms with Gasteiger partial charge in [0.1, 0.15) is 9.90 Å². The average Bonchev–Trinajstić information content (AvgIpc) is 2.73. The molecule has 0 saturated heterocycles. The zero-order valence-corrected chi connectivity index (χ0v) is 8.75. The first-order valence-corrected chi connectivity index (χ1v) is 6.25. The van der Waals surface area contributed by atoms with Gasteiger partial charge in [-0.1, -0.05) is 0 Å². The van der Waals surface area contributed by atoms with Crippen LogP contribution in [0.1, 0.15) is 0 Å². The fraction of sp³-hybridized carbons (Fsp3) is 0. The standard InChI is InChI=1S/C8H8N2O2S2/c9-14(11,12)7-3-6-13-8(7)10-4-1-2-5-10/h1-6H,(H2,9,11,12). The van der Waals surface area contributed by atoms with Crippen molar-refractivity contribution < 1.29 is 8.42 Å². The van der Waals surface area contributed by atoms with Gasteiger partial charge in [0.2, 0.25) is 10.0 Å². The molecule has 14 heavy (non-hydrogen) atoms. The molecule has 0 amide bonds. The van der Waals surface area contributed by atoms with Crippen molar-refractivity contribution >= 4 is 21.4 Å². The molecule has 2 N–H and O–H groups in total. The summed E-state index contributed by atoms with van der Waals surface area (Å²) in [6.45, 7) is 0. The predicted molar refractivity (Wildman–Crippen MR) is 55.0 cm³/mol. The van der Waals surface area contributed by atoms with Crippen LogP contribution in [-0.4, -0.2) is 13.0 Å². The predicted octanol–water partition coefficient (Wildman–Crippen LogP) is 1.19. The molecule has 4 nitrogen and oxygen atoms in total. The van der Waals surface area contributed by atoms with Crippen LogP contribution >= 0.6 is 11.3 Å². The summed E-state index contributed by atoms with van der Waals surface area (Å²) in [7, 11) is -3.63. The van der Waals surface area contributed by atoms with E-state index in [-0.39, 0.29) is 4.90 Å². The molecule has 0 aliphatic heterocycles. The molecule has 0 radical (unpaired) electrons. The summed E-state index contributed by atoms with van der Waals surface area (Å²) in [5.41, 5.74) is 0. The Morgan fingerprint density at radius 3 is 2.50 bits per heavy atom. The number of thiophene rings is 1. The van der Waals surface area contributed by atoms with Gasteiger partial charge in [-0.25, -0.2) is 13.6 Å². The van der Waals surface area contributed by atoms with Gasteiger partial charge in [-0.2, -0.15) is 0 Å². The maximum Gasteiger partial charge on any atom is 0.241 e. The first-order valence-electron chi connectivity index (χ1n) is 3.82. The number of nitrogens with two attached hydrogens (primary N) is 1. The van der Waals surface area contributed by atoms with Crippen molar-refractivity contribution in [2.45, 2.75) is 4.90 Å². The largest absolute Gasteiger partial charge is 0.314 e. The number of primary sulfonamides is 1. The fourth-order valence-electron chi connectivity index (χ4n) is 1.16. The third kappa shape index (κ3) is 1.59. The number of rotatable bonds is 2. The Balaban J connectivity index is 2.62. The van der Waals surface area contributed by atoms with Crippen LogP contribution in [0.25, 0.3) is 5.00 Å². The molecule has 2 aromatic rings. The van der Waals surface area contributed by atoms with Crippen molar-refractivity contribution in [3.05, 3.63) is 36.0 Å². The second-order valence-electron chi connectivity index (χ2n) is 2.73. The highest BCUT2D eigenvalue weighted by atomic mass is 32.2. The lowest BCUT2D eigenvalue weighted by Gasteiger charge is -2.01. The third-order valence-electron chi connectivity index (χ3n) is 1.76. The van der Waals surface area contributed by atoms with Gasteiger partial charge in [-0.15, -0.1) is 11.3 Å². The lowest BCUT2D eigenvalue weighted by atomic mass is 10.6. The average molecular weight is 228 g/mol. The summed E-state index contributed by atoms with van der Waals surface area (Å²) in [6, 6.07) is 5.16. The summed E-state index contributed by atoms with van der Waals surface area (Å²) in [5, 5.41) is 7.40. The number of sulfonamides is 1. The molecule has 0 bridgehead atoms. The molecule has 0 aliphatic carbocycles. The molecule has 2 aromatic heterocycles. The molecule has 74 valence electrons. The number of hydrogen-bond donors (Lipinski definition) is 1. The van der Waals surface area contributed by atoms with Crippen LogP contribution in [0.2, 0.25) is 0 Å². The highest BCUT2D eigenvalue weighted by molar-refractivity contribution is 7.89. The summed E-state index contributed by atoms with van der Waals surface area (Å²) in [4.78, 5) is 0.165. The van der Waals surface area contributed by atoms with Crippen LogP contribution in [0.5, 0.6) is 0 Å². The summed E-state index contributed by atoms with van der Waals surface area (Å²) < 4.78 is 24.1. The Morgan fingerprint density at radius 1 is 1.29 bits per heavy atom. The van der Waals surface area contributed by atoms with Crippen LogP contribution in [0.4, 0.5) is 0 Å². The smallest absolute Gasteiger partial charge is 0.241 e. The van der Waals surface area contributed by atoms with Crippen molar-refractivity contribution in [1.82, 2.24) is 4.57 Å². The Labute approximate surface area is 85.6 Å². The van der Waals surface area contributed by atoms with Crippen molar-refractivity contribution in [2.75, 3.05) is 0 Å². The molecular weight excluding hydrogens is 220 g/mol. The van der Waals surface area contributed by atoms with E-state index in [1.165, 1.54) is 17.4 Å². The van der Waals surface area contributed by atoms with Gasteiger partial charge in [0.15, 0.2) is 0 Å². The third-order valence-corrected chi connectivity index (χ3v) is 3.75. The van der Waals surface area contributed by atoms with Crippen LogP contribution in [-0.2, 0) is 10.0 Å². The molecule has 0 aliphatic rings. The number of aromatic nitrogens is 1. The number of nitrogens with zero attached hydrogens (tertiary/aromatic N) is 1. The van der Waals surface area contributed by atoms with E-state index in [9.17, 15) is 8.42 Å². The molecule has 0 saturated carbocycles. The van der Waals surface area contributed by atoms with Gasteiger partial charge in [0, 0.05) is 12.4 Å². The second-order valence-corrected chi connectivity index (χ2v) is 5.15. The molecule has 2 rings (SSSR count). The Morgan fingerprint density at radius 2 is 1.93 bits per heavy atom. The summed E-state index contributed by atoms with van der Waals surface area (Å²) >= 11 is 1.34. The first-order chi connectivity index (χ1) is 6.59. The molecule has 0 atom stereocenters. The topological polar surface area (TPSA) is 65.1 Å². The number of hydrogen-bond acceptors (Lipinski definition) is 3. The van der Waals surface area contributed by atoms with Crippen molar-refractivity contribution in [2.24, 2.45) is 5.14 Å². The lowest BCUT2D eigenvalue weighted by molar-refractivity contribution is 0.597.